The third-order valence-corrected chi connectivity index (χ3v) is 8.69. The average Bonchev–Trinajstić information content (AvgIpc) is 3.49. The van der Waals surface area contributed by atoms with Gasteiger partial charge in [-0.2, -0.15) is 0 Å². The fraction of sp³-hybridized carbons (Fsp3) is 0.406. The van der Waals surface area contributed by atoms with Gasteiger partial charge in [0.25, 0.3) is 0 Å². The van der Waals surface area contributed by atoms with E-state index < -0.39 is 5.92 Å². The molecule has 1 aliphatic heterocycles. The minimum atomic E-state index is -0.448. The molecule has 4 atom stereocenters. The van der Waals surface area contributed by atoms with E-state index in [1.807, 2.05) is 78.9 Å². The fourth-order valence-corrected chi connectivity index (χ4v) is 7.17. The van der Waals surface area contributed by atoms with Crippen LogP contribution in [0, 0.1) is 11.8 Å². The van der Waals surface area contributed by atoms with Gasteiger partial charge in [-0.1, -0.05) is 54.6 Å². The summed E-state index contributed by atoms with van der Waals surface area (Å²) in [6.07, 6.45) is 4.31. The number of carbonyl (C=O) groups excluding carboxylic acids is 1. The highest BCUT2D eigenvalue weighted by molar-refractivity contribution is 5.85. The summed E-state index contributed by atoms with van der Waals surface area (Å²) in [6, 6.07) is 26.2. The fourth-order valence-electron chi connectivity index (χ4n) is 7.17. The van der Waals surface area contributed by atoms with Gasteiger partial charge in [0.2, 0.25) is 0 Å². The van der Waals surface area contributed by atoms with Crippen molar-refractivity contribution >= 4 is 5.97 Å². The molecule has 5 nitrogen and oxygen atoms in total. The molecule has 192 valence electrons. The minimum Gasteiger partial charge on any atom is -0.493 e. The molecule has 5 heteroatoms. The molecule has 2 saturated carbocycles. The number of esters is 1. The molecule has 3 aliphatic rings. The van der Waals surface area contributed by atoms with Crippen LogP contribution in [-0.2, 0) is 9.53 Å². The Balaban J connectivity index is 1.13. The van der Waals surface area contributed by atoms with Gasteiger partial charge in [-0.15, -0.1) is 0 Å². The molecule has 0 saturated heterocycles. The summed E-state index contributed by atoms with van der Waals surface area (Å²) in [7, 11) is 4.68. The first-order valence-corrected chi connectivity index (χ1v) is 13.6. The number of carbonyl (C=O) groups is 1. The van der Waals surface area contributed by atoms with E-state index in [-0.39, 0.29) is 12.1 Å². The number of benzene rings is 3. The lowest BCUT2D eigenvalue weighted by Gasteiger charge is -2.39. The van der Waals surface area contributed by atoms with Crippen LogP contribution in [0.4, 0.5) is 0 Å². The summed E-state index contributed by atoms with van der Waals surface area (Å²) >= 11 is 0. The van der Waals surface area contributed by atoms with Gasteiger partial charge in [0.15, 0.2) is 0 Å². The summed E-state index contributed by atoms with van der Waals surface area (Å²) in [5, 5.41) is 0. The standard InChI is InChI=1S/C32H36NO4/c1-33(2,19-10-20-35-23-11-4-3-5-12-23)31-22-17-18-26(31)29(21-22)37-32(34)30-24-13-6-8-15-27(24)36-28-16-9-7-14-25(28)30/h3-9,11-16,22,26,29-31H,10,17-21H2,1-2H3/q+1/t22?,26-,29-,31?/m1/s1. The molecule has 0 N–H and O–H groups in total. The number of hydrogen-bond donors (Lipinski definition) is 0. The maximum absolute atomic E-state index is 13.8. The van der Waals surface area contributed by atoms with Crippen LogP contribution in [0.1, 0.15) is 42.7 Å². The van der Waals surface area contributed by atoms with E-state index >= 15 is 0 Å². The smallest absolute Gasteiger partial charge is 0.318 e. The van der Waals surface area contributed by atoms with E-state index in [0.29, 0.717) is 24.5 Å². The van der Waals surface area contributed by atoms with Crippen LogP contribution in [-0.4, -0.2) is 49.8 Å². The molecule has 0 aromatic heterocycles. The second-order valence-electron chi connectivity index (χ2n) is 11.3. The number of para-hydroxylation sites is 3. The van der Waals surface area contributed by atoms with Crippen molar-refractivity contribution in [3.63, 3.8) is 0 Å². The summed E-state index contributed by atoms with van der Waals surface area (Å²) in [5.41, 5.74) is 1.78. The van der Waals surface area contributed by atoms with Crippen molar-refractivity contribution < 1.29 is 23.5 Å². The number of hydrogen-bond acceptors (Lipinski definition) is 4. The van der Waals surface area contributed by atoms with E-state index in [9.17, 15) is 4.79 Å². The Morgan fingerprint density at radius 2 is 1.54 bits per heavy atom. The summed E-state index contributed by atoms with van der Waals surface area (Å²) in [5.74, 6) is 2.81. The Hall–Kier alpha value is -3.31. The van der Waals surface area contributed by atoms with Crippen molar-refractivity contribution in [1.82, 2.24) is 0 Å². The van der Waals surface area contributed by atoms with Crippen molar-refractivity contribution in [1.29, 1.82) is 0 Å². The Kier molecular flexibility index (Phi) is 6.41. The first kappa shape index (κ1) is 24.1. The third kappa shape index (κ3) is 4.61. The predicted molar refractivity (Wildman–Crippen MR) is 143 cm³/mol. The second-order valence-corrected chi connectivity index (χ2v) is 11.3. The zero-order valence-corrected chi connectivity index (χ0v) is 21.7. The molecular weight excluding hydrogens is 462 g/mol. The van der Waals surface area contributed by atoms with Gasteiger partial charge in [-0.3, -0.25) is 4.79 Å². The van der Waals surface area contributed by atoms with Gasteiger partial charge in [-0.05, 0) is 43.5 Å². The SMILES string of the molecule is C[N+](C)(CCCOc1ccccc1)C1C2CC[C@@H]1[C@H](OC(=O)C1c3ccccc3Oc3ccccc31)C2. The van der Waals surface area contributed by atoms with Crippen molar-refractivity contribution in [3.05, 3.63) is 90.0 Å². The van der Waals surface area contributed by atoms with Crippen LogP contribution in [0.3, 0.4) is 0 Å². The molecular formula is C32H36NO4+. The number of rotatable bonds is 8. The van der Waals surface area contributed by atoms with Gasteiger partial charge >= 0.3 is 5.97 Å². The summed E-state index contributed by atoms with van der Waals surface area (Å²) < 4.78 is 19.4. The molecule has 3 aromatic rings. The highest BCUT2D eigenvalue weighted by Gasteiger charge is 2.57. The van der Waals surface area contributed by atoms with Gasteiger partial charge < -0.3 is 18.7 Å². The molecule has 2 unspecified atom stereocenters. The number of quaternary nitrogens is 1. The van der Waals surface area contributed by atoms with E-state index in [4.69, 9.17) is 14.2 Å². The van der Waals surface area contributed by atoms with E-state index in [1.165, 1.54) is 6.42 Å². The Morgan fingerprint density at radius 3 is 2.24 bits per heavy atom. The molecule has 2 fully saturated rings. The Labute approximate surface area is 219 Å². The second kappa shape index (κ2) is 9.86. The molecule has 37 heavy (non-hydrogen) atoms. The first-order valence-electron chi connectivity index (χ1n) is 13.6. The molecule has 0 radical (unpaired) electrons. The van der Waals surface area contributed by atoms with Gasteiger partial charge in [0.05, 0.1) is 33.3 Å². The largest absolute Gasteiger partial charge is 0.493 e. The zero-order valence-electron chi connectivity index (χ0n) is 21.7. The van der Waals surface area contributed by atoms with Crippen LogP contribution in [0.15, 0.2) is 78.9 Å². The maximum atomic E-state index is 13.8. The zero-order chi connectivity index (χ0) is 25.4. The summed E-state index contributed by atoms with van der Waals surface area (Å²) in [6.45, 7) is 1.76. The maximum Gasteiger partial charge on any atom is 0.318 e. The average molecular weight is 499 g/mol. The van der Waals surface area contributed by atoms with Crippen LogP contribution in [0.25, 0.3) is 0 Å². The topological polar surface area (TPSA) is 44.8 Å². The number of nitrogens with zero attached hydrogens (tertiary/aromatic N) is 1. The Bertz CT molecular complexity index is 1210. The molecule has 2 aliphatic carbocycles. The molecule has 6 rings (SSSR count). The first-order chi connectivity index (χ1) is 18.0. The van der Waals surface area contributed by atoms with Crippen LogP contribution in [0.5, 0.6) is 17.2 Å². The van der Waals surface area contributed by atoms with Crippen molar-refractivity contribution in [3.8, 4) is 17.2 Å². The van der Waals surface area contributed by atoms with Crippen LogP contribution < -0.4 is 9.47 Å². The molecule has 3 aromatic carbocycles. The molecule has 0 amide bonds. The van der Waals surface area contributed by atoms with Gasteiger partial charge in [-0.25, -0.2) is 0 Å². The molecule has 0 spiro atoms. The number of ether oxygens (including phenoxy) is 3. The van der Waals surface area contributed by atoms with E-state index in [0.717, 1.165) is 58.7 Å². The molecule has 2 bridgehead atoms. The minimum absolute atomic E-state index is 0.0172. The van der Waals surface area contributed by atoms with Crippen LogP contribution >= 0.6 is 0 Å². The predicted octanol–water partition coefficient (Wildman–Crippen LogP) is 6.18. The van der Waals surface area contributed by atoms with Crippen molar-refractivity contribution in [2.75, 3.05) is 27.2 Å². The van der Waals surface area contributed by atoms with E-state index in [2.05, 4.69) is 14.1 Å². The Morgan fingerprint density at radius 1 is 0.892 bits per heavy atom. The van der Waals surface area contributed by atoms with Gasteiger partial charge in [0.1, 0.15) is 29.3 Å². The van der Waals surface area contributed by atoms with Crippen LogP contribution in [0.2, 0.25) is 0 Å². The van der Waals surface area contributed by atoms with Gasteiger partial charge in [0, 0.05) is 29.4 Å². The van der Waals surface area contributed by atoms with Crippen molar-refractivity contribution in [2.45, 2.75) is 43.7 Å². The number of fused-ring (bicyclic) bond motifs is 4. The third-order valence-electron chi connectivity index (χ3n) is 8.69. The van der Waals surface area contributed by atoms with Crippen molar-refractivity contribution in [2.24, 2.45) is 11.8 Å². The van der Waals surface area contributed by atoms with E-state index in [1.54, 1.807) is 0 Å². The lowest BCUT2D eigenvalue weighted by atomic mass is 9.88. The lowest BCUT2D eigenvalue weighted by molar-refractivity contribution is -0.919. The highest BCUT2D eigenvalue weighted by Crippen LogP contribution is 2.51. The lowest BCUT2D eigenvalue weighted by Crippen LogP contribution is -2.53. The summed E-state index contributed by atoms with van der Waals surface area (Å²) in [4.78, 5) is 13.8. The quantitative estimate of drug-likeness (QED) is 0.211. The normalized spacial score (nSPS) is 24.2. The molecule has 1 heterocycles. The highest BCUT2D eigenvalue weighted by atomic mass is 16.5. The monoisotopic (exact) mass is 498 g/mol.